The van der Waals surface area contributed by atoms with E-state index in [0.717, 1.165) is 30.3 Å². The first-order valence-electron chi connectivity index (χ1n) is 14.1. The van der Waals surface area contributed by atoms with Gasteiger partial charge in [-0.1, -0.05) is 90.5 Å². The van der Waals surface area contributed by atoms with Gasteiger partial charge in [0.05, 0.1) is 0 Å². The van der Waals surface area contributed by atoms with Gasteiger partial charge in [-0.25, -0.2) is 0 Å². The zero-order valence-corrected chi connectivity index (χ0v) is 21.4. The number of hydrogen-bond donors (Lipinski definition) is 2. The van der Waals surface area contributed by atoms with E-state index in [1.807, 2.05) is 0 Å². The zero-order chi connectivity index (χ0) is 22.5. The highest BCUT2D eigenvalue weighted by molar-refractivity contribution is 5.30. The maximum Gasteiger partial charge on any atom is 0.0138 e. The molecule has 1 aromatic carbocycles. The van der Waals surface area contributed by atoms with E-state index in [4.69, 9.17) is 0 Å². The Kier molecular flexibility index (Phi) is 8.74. The summed E-state index contributed by atoms with van der Waals surface area (Å²) in [6, 6.07) is 11.2. The van der Waals surface area contributed by atoms with Gasteiger partial charge >= 0.3 is 0 Å². The lowest BCUT2D eigenvalue weighted by Crippen LogP contribution is -2.47. The van der Waals surface area contributed by atoms with E-state index >= 15 is 0 Å². The molecule has 0 bridgehead atoms. The molecule has 180 valence electrons. The van der Waals surface area contributed by atoms with Gasteiger partial charge in [0, 0.05) is 24.5 Å². The van der Waals surface area contributed by atoms with Crippen LogP contribution >= 0.6 is 0 Å². The van der Waals surface area contributed by atoms with Crippen LogP contribution < -0.4 is 10.6 Å². The Morgan fingerprint density at radius 3 is 1.97 bits per heavy atom. The Labute approximate surface area is 198 Å². The van der Waals surface area contributed by atoms with Gasteiger partial charge in [0.15, 0.2) is 0 Å². The van der Waals surface area contributed by atoms with E-state index in [2.05, 4.69) is 62.6 Å². The summed E-state index contributed by atoms with van der Waals surface area (Å²) in [5.74, 6) is 4.63. The summed E-state index contributed by atoms with van der Waals surface area (Å²) in [5, 5.41) is 7.86. The lowest BCUT2D eigenvalue weighted by Gasteiger charge is -2.42. The maximum absolute atomic E-state index is 4.04. The summed E-state index contributed by atoms with van der Waals surface area (Å²) in [6.07, 6.45) is 14.1. The van der Waals surface area contributed by atoms with Gasteiger partial charge < -0.3 is 10.6 Å². The van der Waals surface area contributed by atoms with Crippen LogP contribution in [0.5, 0.6) is 0 Å². The smallest absolute Gasteiger partial charge is 0.0138 e. The lowest BCUT2D eigenvalue weighted by molar-refractivity contribution is 0.127. The number of hydrogen-bond acceptors (Lipinski definition) is 2. The first kappa shape index (κ1) is 24.3. The monoisotopic (exact) mass is 438 g/mol. The van der Waals surface area contributed by atoms with Crippen molar-refractivity contribution in [2.45, 2.75) is 116 Å². The van der Waals surface area contributed by atoms with E-state index in [1.165, 1.54) is 70.8 Å². The molecule has 32 heavy (non-hydrogen) atoms. The summed E-state index contributed by atoms with van der Waals surface area (Å²) in [6.45, 7) is 12.1. The Bertz CT molecular complexity index is 659. The van der Waals surface area contributed by atoms with Crippen molar-refractivity contribution >= 4 is 0 Å². The topological polar surface area (TPSA) is 24.1 Å². The SMILES string of the molecule is CC(C)C(c1ccc(C2CCC(C(C(C)C)C3CCCCC3)NC2)cc1)C1CCCCN1. The second kappa shape index (κ2) is 11.5. The highest BCUT2D eigenvalue weighted by Crippen LogP contribution is 2.40. The molecule has 0 amide bonds. The second-order valence-electron chi connectivity index (χ2n) is 12.0. The second-order valence-corrected chi connectivity index (χ2v) is 12.0. The standard InChI is InChI=1S/C30H50N2/c1-21(2)29(24-10-6-5-7-11-24)28-18-17-26(20-32-28)23-13-15-25(16-14-23)30(22(3)4)27-12-8-9-19-31-27/h13-16,21-22,24,26-32H,5-12,17-20H2,1-4H3. The Morgan fingerprint density at radius 2 is 1.41 bits per heavy atom. The summed E-state index contributed by atoms with van der Waals surface area (Å²) < 4.78 is 0. The Hall–Kier alpha value is -0.860. The number of piperidine rings is 2. The van der Waals surface area contributed by atoms with Crippen LogP contribution in [0.1, 0.15) is 115 Å². The van der Waals surface area contributed by atoms with Gasteiger partial charge in [0.2, 0.25) is 0 Å². The highest BCUT2D eigenvalue weighted by Gasteiger charge is 2.35. The molecule has 1 saturated carbocycles. The average Bonchev–Trinajstić information content (AvgIpc) is 2.81. The van der Waals surface area contributed by atoms with E-state index < -0.39 is 0 Å². The lowest BCUT2D eigenvalue weighted by atomic mass is 9.69. The third kappa shape index (κ3) is 5.79. The minimum Gasteiger partial charge on any atom is -0.313 e. The summed E-state index contributed by atoms with van der Waals surface area (Å²) in [4.78, 5) is 0. The summed E-state index contributed by atoms with van der Waals surface area (Å²) >= 11 is 0. The first-order chi connectivity index (χ1) is 15.5. The molecule has 2 N–H and O–H groups in total. The van der Waals surface area contributed by atoms with Crippen molar-refractivity contribution in [2.75, 3.05) is 13.1 Å². The molecule has 0 radical (unpaired) electrons. The van der Waals surface area contributed by atoms with Crippen molar-refractivity contribution in [2.24, 2.45) is 23.7 Å². The quantitative estimate of drug-likeness (QED) is 0.468. The third-order valence-electron chi connectivity index (χ3n) is 9.17. The molecular formula is C30H50N2. The van der Waals surface area contributed by atoms with Crippen LogP contribution in [0.3, 0.4) is 0 Å². The van der Waals surface area contributed by atoms with E-state index in [1.54, 1.807) is 11.1 Å². The third-order valence-corrected chi connectivity index (χ3v) is 9.17. The van der Waals surface area contributed by atoms with Gasteiger partial charge in [-0.2, -0.15) is 0 Å². The van der Waals surface area contributed by atoms with E-state index in [-0.39, 0.29) is 0 Å². The Morgan fingerprint density at radius 1 is 0.688 bits per heavy atom. The largest absolute Gasteiger partial charge is 0.313 e. The van der Waals surface area contributed by atoms with Gasteiger partial charge in [0.1, 0.15) is 0 Å². The van der Waals surface area contributed by atoms with Crippen LogP contribution in [0.2, 0.25) is 0 Å². The number of nitrogens with one attached hydrogen (secondary N) is 2. The average molecular weight is 439 g/mol. The molecule has 3 fully saturated rings. The molecule has 0 spiro atoms. The molecule has 1 aromatic rings. The number of benzene rings is 1. The van der Waals surface area contributed by atoms with Crippen molar-refractivity contribution in [1.29, 1.82) is 0 Å². The van der Waals surface area contributed by atoms with Crippen LogP contribution in [0.25, 0.3) is 0 Å². The molecule has 1 aliphatic carbocycles. The predicted octanol–water partition coefficient (Wildman–Crippen LogP) is 7.26. The molecule has 3 aliphatic rings. The number of rotatable bonds is 7. The zero-order valence-electron chi connectivity index (χ0n) is 21.4. The van der Waals surface area contributed by atoms with E-state index in [9.17, 15) is 0 Å². The van der Waals surface area contributed by atoms with Crippen LogP contribution in [-0.4, -0.2) is 25.2 Å². The molecular weight excluding hydrogens is 388 g/mol. The first-order valence-corrected chi connectivity index (χ1v) is 14.1. The van der Waals surface area contributed by atoms with Crippen molar-refractivity contribution in [3.63, 3.8) is 0 Å². The minimum absolute atomic E-state index is 0.639. The Balaban J connectivity index is 1.37. The molecule has 5 unspecified atom stereocenters. The van der Waals surface area contributed by atoms with Crippen molar-refractivity contribution in [1.82, 2.24) is 10.6 Å². The maximum atomic E-state index is 4.04. The minimum atomic E-state index is 0.639. The predicted molar refractivity (Wildman–Crippen MR) is 138 cm³/mol. The van der Waals surface area contributed by atoms with Crippen molar-refractivity contribution in [3.8, 4) is 0 Å². The molecule has 2 nitrogen and oxygen atoms in total. The normalized spacial score (nSPS) is 29.9. The van der Waals surface area contributed by atoms with Crippen LogP contribution in [0.4, 0.5) is 0 Å². The highest BCUT2D eigenvalue weighted by atomic mass is 14.9. The fourth-order valence-electron chi connectivity index (χ4n) is 7.61. The summed E-state index contributed by atoms with van der Waals surface area (Å²) in [5.41, 5.74) is 3.10. The molecule has 2 heterocycles. The van der Waals surface area contributed by atoms with Gasteiger partial charge in [-0.05, 0) is 72.9 Å². The van der Waals surface area contributed by atoms with Crippen LogP contribution in [-0.2, 0) is 0 Å². The molecule has 4 rings (SSSR count). The van der Waals surface area contributed by atoms with Crippen LogP contribution in [0, 0.1) is 23.7 Å². The van der Waals surface area contributed by atoms with Crippen molar-refractivity contribution < 1.29 is 0 Å². The van der Waals surface area contributed by atoms with Gasteiger partial charge in [0.25, 0.3) is 0 Å². The molecule has 5 atom stereocenters. The molecule has 2 saturated heterocycles. The van der Waals surface area contributed by atoms with Gasteiger partial charge in [-0.3, -0.25) is 0 Å². The fraction of sp³-hybridized carbons (Fsp3) is 0.800. The molecule has 2 aliphatic heterocycles. The fourth-order valence-corrected chi connectivity index (χ4v) is 7.61. The van der Waals surface area contributed by atoms with E-state index in [0.29, 0.717) is 23.8 Å². The molecule has 2 heteroatoms. The summed E-state index contributed by atoms with van der Waals surface area (Å²) in [7, 11) is 0. The van der Waals surface area contributed by atoms with Crippen LogP contribution in [0.15, 0.2) is 24.3 Å². The van der Waals surface area contributed by atoms with Crippen molar-refractivity contribution in [3.05, 3.63) is 35.4 Å². The molecule has 0 aromatic heterocycles. The van der Waals surface area contributed by atoms with Gasteiger partial charge in [-0.15, -0.1) is 0 Å².